The van der Waals surface area contributed by atoms with Gasteiger partial charge in [0.2, 0.25) is 5.91 Å². The summed E-state index contributed by atoms with van der Waals surface area (Å²) < 4.78 is 10.7. The number of carbonyl (C=O) groups is 3. The van der Waals surface area contributed by atoms with Gasteiger partial charge in [0, 0.05) is 5.69 Å². The molecule has 3 rings (SSSR count). The van der Waals surface area contributed by atoms with Crippen LogP contribution in [0.25, 0.3) is 0 Å². The van der Waals surface area contributed by atoms with Crippen molar-refractivity contribution in [2.24, 2.45) is 5.73 Å². The molecule has 7 nitrogen and oxygen atoms in total. The molecule has 3 aromatic rings. The molecular weight excluding hydrogens is 408 g/mol. The van der Waals surface area contributed by atoms with Crippen molar-refractivity contribution in [1.29, 1.82) is 0 Å². The van der Waals surface area contributed by atoms with Gasteiger partial charge < -0.3 is 20.5 Å². The van der Waals surface area contributed by atoms with Crippen molar-refractivity contribution in [3.63, 3.8) is 0 Å². The Labute approximate surface area is 186 Å². The second-order valence-electron chi connectivity index (χ2n) is 7.20. The zero-order valence-electron chi connectivity index (χ0n) is 17.6. The molecule has 0 aliphatic rings. The Hall–Kier alpha value is -3.97. The van der Waals surface area contributed by atoms with E-state index in [2.05, 4.69) is 5.32 Å². The van der Waals surface area contributed by atoms with Crippen LogP contribution < -0.4 is 11.1 Å². The smallest absolute Gasteiger partial charge is 0.338 e. The maximum atomic E-state index is 12.6. The molecular formula is C25H24N2O5. The van der Waals surface area contributed by atoms with E-state index in [0.29, 0.717) is 0 Å². The largest absolute Gasteiger partial charge is 0.457 e. The molecule has 1 atom stereocenters. The highest BCUT2D eigenvalue weighted by molar-refractivity contribution is 6.00. The molecule has 0 fully saturated rings. The number of hydrogen-bond acceptors (Lipinski definition) is 6. The van der Waals surface area contributed by atoms with Crippen LogP contribution in [0.15, 0.2) is 78.9 Å². The van der Waals surface area contributed by atoms with E-state index in [4.69, 9.17) is 15.2 Å². The standard InChI is InChI=1S/C25H24N2O5/c1-17(26)23(28)27-22-13-20(24(29)31-15-18-8-4-2-5-9-18)12-21(14-22)25(30)32-16-19-10-6-3-7-11-19/h2-14,17H,15-16,26H2,1H3,(H,27,28)/t17-/m0/s1. The maximum Gasteiger partial charge on any atom is 0.338 e. The van der Waals surface area contributed by atoms with Gasteiger partial charge in [-0.05, 0) is 36.2 Å². The number of nitrogens with two attached hydrogens (primary N) is 1. The summed E-state index contributed by atoms with van der Waals surface area (Å²) in [6.45, 7) is 1.68. The van der Waals surface area contributed by atoms with E-state index in [1.165, 1.54) is 25.1 Å². The number of nitrogens with one attached hydrogen (secondary N) is 1. The number of anilines is 1. The van der Waals surface area contributed by atoms with Gasteiger partial charge in [-0.1, -0.05) is 60.7 Å². The summed E-state index contributed by atoms with van der Waals surface area (Å²) in [5, 5.41) is 2.60. The van der Waals surface area contributed by atoms with E-state index in [0.717, 1.165) is 11.1 Å². The molecule has 1 amide bonds. The number of benzene rings is 3. The van der Waals surface area contributed by atoms with Crippen molar-refractivity contribution in [3.05, 3.63) is 101 Å². The summed E-state index contributed by atoms with van der Waals surface area (Å²) in [5.74, 6) is -1.73. The third kappa shape index (κ3) is 6.52. The lowest BCUT2D eigenvalue weighted by molar-refractivity contribution is -0.117. The quantitative estimate of drug-likeness (QED) is 0.526. The summed E-state index contributed by atoms with van der Waals surface area (Å²) >= 11 is 0. The van der Waals surface area contributed by atoms with Gasteiger partial charge >= 0.3 is 11.9 Å². The molecule has 3 aromatic carbocycles. The predicted octanol–water partition coefficient (Wildman–Crippen LogP) is 3.69. The van der Waals surface area contributed by atoms with E-state index in [9.17, 15) is 14.4 Å². The number of carbonyl (C=O) groups excluding carboxylic acids is 3. The van der Waals surface area contributed by atoms with Gasteiger partial charge in [0.1, 0.15) is 13.2 Å². The maximum absolute atomic E-state index is 12.6. The number of ether oxygens (including phenoxy) is 2. The Kier molecular flexibility index (Phi) is 7.72. The molecule has 0 saturated heterocycles. The van der Waals surface area contributed by atoms with E-state index in [1.54, 1.807) is 0 Å². The normalized spacial score (nSPS) is 11.3. The minimum absolute atomic E-state index is 0.0733. The molecule has 0 bridgehead atoms. The van der Waals surface area contributed by atoms with E-state index in [-0.39, 0.29) is 30.0 Å². The third-order valence-corrected chi connectivity index (χ3v) is 4.51. The van der Waals surface area contributed by atoms with Crippen LogP contribution >= 0.6 is 0 Å². The number of hydrogen-bond donors (Lipinski definition) is 2. The summed E-state index contributed by atoms with van der Waals surface area (Å²) in [7, 11) is 0. The summed E-state index contributed by atoms with van der Waals surface area (Å²) in [6, 6.07) is 21.9. The second kappa shape index (κ2) is 10.9. The molecule has 0 aromatic heterocycles. The topological polar surface area (TPSA) is 108 Å². The lowest BCUT2D eigenvalue weighted by atomic mass is 10.1. The minimum Gasteiger partial charge on any atom is -0.457 e. The van der Waals surface area contributed by atoms with Gasteiger partial charge in [-0.15, -0.1) is 0 Å². The highest BCUT2D eigenvalue weighted by Gasteiger charge is 2.17. The van der Waals surface area contributed by atoms with E-state index < -0.39 is 23.9 Å². The van der Waals surface area contributed by atoms with Crippen LogP contribution in [0.2, 0.25) is 0 Å². The molecule has 0 heterocycles. The first-order valence-corrected chi connectivity index (χ1v) is 10.1. The molecule has 3 N–H and O–H groups in total. The molecule has 32 heavy (non-hydrogen) atoms. The number of amides is 1. The highest BCUT2D eigenvalue weighted by Crippen LogP contribution is 2.19. The van der Waals surface area contributed by atoms with Crippen LogP contribution in [0, 0.1) is 0 Å². The van der Waals surface area contributed by atoms with Crippen LogP contribution in [-0.4, -0.2) is 23.9 Å². The van der Waals surface area contributed by atoms with Gasteiger partial charge in [-0.25, -0.2) is 9.59 Å². The summed E-state index contributed by atoms with van der Waals surface area (Å²) in [5.41, 5.74) is 7.71. The van der Waals surface area contributed by atoms with Gasteiger partial charge in [-0.2, -0.15) is 0 Å². The first-order valence-electron chi connectivity index (χ1n) is 10.1. The minimum atomic E-state index is -0.767. The fourth-order valence-electron chi connectivity index (χ4n) is 2.80. The first kappa shape index (κ1) is 22.7. The summed E-state index contributed by atoms with van der Waals surface area (Å²) in [6.07, 6.45) is 0. The Bertz CT molecular complexity index is 1010. The lowest BCUT2D eigenvalue weighted by Crippen LogP contribution is -2.32. The van der Waals surface area contributed by atoms with Gasteiger partial charge in [0.05, 0.1) is 17.2 Å². The summed E-state index contributed by atoms with van der Waals surface area (Å²) in [4.78, 5) is 37.3. The number of esters is 2. The van der Waals surface area contributed by atoms with Crippen molar-refractivity contribution in [2.45, 2.75) is 26.2 Å². The van der Waals surface area contributed by atoms with E-state index in [1.807, 2.05) is 60.7 Å². The Balaban J connectivity index is 1.79. The molecule has 0 unspecified atom stereocenters. The zero-order valence-corrected chi connectivity index (χ0v) is 17.6. The van der Waals surface area contributed by atoms with Crippen LogP contribution in [0.3, 0.4) is 0 Å². The van der Waals surface area contributed by atoms with Gasteiger partial charge in [-0.3, -0.25) is 4.79 Å². The van der Waals surface area contributed by atoms with Crippen LogP contribution in [0.5, 0.6) is 0 Å². The average Bonchev–Trinajstić information content (AvgIpc) is 2.82. The van der Waals surface area contributed by atoms with Crippen LogP contribution in [-0.2, 0) is 27.5 Å². The molecule has 7 heteroatoms. The van der Waals surface area contributed by atoms with Crippen molar-refractivity contribution >= 4 is 23.5 Å². The third-order valence-electron chi connectivity index (χ3n) is 4.51. The Morgan fingerprint density at radius 1 is 0.781 bits per heavy atom. The molecule has 0 aliphatic carbocycles. The first-order chi connectivity index (χ1) is 15.4. The highest BCUT2D eigenvalue weighted by atomic mass is 16.5. The van der Waals surface area contributed by atoms with E-state index >= 15 is 0 Å². The molecule has 0 spiro atoms. The molecule has 0 radical (unpaired) electrons. The van der Waals surface area contributed by atoms with Crippen molar-refractivity contribution in [3.8, 4) is 0 Å². The number of rotatable bonds is 8. The van der Waals surface area contributed by atoms with Gasteiger partial charge in [0.25, 0.3) is 0 Å². The van der Waals surface area contributed by atoms with Crippen molar-refractivity contribution in [2.75, 3.05) is 5.32 Å². The molecule has 0 saturated carbocycles. The van der Waals surface area contributed by atoms with Gasteiger partial charge in [0.15, 0.2) is 0 Å². The molecule has 164 valence electrons. The van der Waals surface area contributed by atoms with Crippen LogP contribution in [0.1, 0.15) is 38.8 Å². The fourth-order valence-corrected chi connectivity index (χ4v) is 2.80. The monoisotopic (exact) mass is 432 g/mol. The average molecular weight is 432 g/mol. The predicted molar refractivity (Wildman–Crippen MR) is 120 cm³/mol. The molecule has 0 aliphatic heterocycles. The van der Waals surface area contributed by atoms with Crippen molar-refractivity contribution in [1.82, 2.24) is 0 Å². The second-order valence-corrected chi connectivity index (χ2v) is 7.20. The fraction of sp³-hybridized carbons (Fsp3) is 0.160. The van der Waals surface area contributed by atoms with Crippen molar-refractivity contribution < 1.29 is 23.9 Å². The zero-order chi connectivity index (χ0) is 22.9. The SMILES string of the molecule is C[C@H](N)C(=O)Nc1cc(C(=O)OCc2ccccc2)cc(C(=O)OCc2ccccc2)c1. The lowest BCUT2D eigenvalue weighted by Gasteiger charge is -2.12. The Morgan fingerprint density at radius 3 is 1.62 bits per heavy atom. The van der Waals surface area contributed by atoms with Crippen LogP contribution in [0.4, 0.5) is 5.69 Å². The Morgan fingerprint density at radius 2 is 1.22 bits per heavy atom.